The van der Waals surface area contributed by atoms with Crippen LogP contribution in [-0.4, -0.2) is 18.2 Å². The number of aromatic nitrogens is 1. The fourth-order valence-electron chi connectivity index (χ4n) is 1.76. The molecule has 0 aliphatic rings. The molecular weight excluding hydrogens is 258 g/mol. The van der Waals surface area contributed by atoms with Gasteiger partial charge in [-0.25, -0.2) is 0 Å². The normalized spacial score (nSPS) is 11.9. The predicted octanol–water partition coefficient (Wildman–Crippen LogP) is 2.84. The van der Waals surface area contributed by atoms with Crippen LogP contribution in [0.5, 0.6) is 5.75 Å². The average molecular weight is 275 g/mol. The summed E-state index contributed by atoms with van der Waals surface area (Å²) in [5.41, 5.74) is 1.70. The standard InChI is InChI=1S/C15H17NO4/c1-10-8-14(20-16-10)11(2)19-13-6-4-12(5-7-13)9-15(17)18-3/h4-8,11H,9H2,1-3H3. The van der Waals surface area contributed by atoms with Gasteiger partial charge in [0.05, 0.1) is 19.2 Å². The van der Waals surface area contributed by atoms with E-state index in [9.17, 15) is 4.79 Å². The number of hydrogen-bond donors (Lipinski definition) is 0. The molecule has 20 heavy (non-hydrogen) atoms. The number of carbonyl (C=O) groups is 1. The molecule has 0 fully saturated rings. The van der Waals surface area contributed by atoms with Crippen LogP contribution in [0.4, 0.5) is 0 Å². The van der Waals surface area contributed by atoms with Gasteiger partial charge in [0.2, 0.25) is 0 Å². The predicted molar refractivity (Wildman–Crippen MR) is 72.4 cm³/mol. The monoisotopic (exact) mass is 275 g/mol. The van der Waals surface area contributed by atoms with Gasteiger partial charge in [0.25, 0.3) is 0 Å². The molecule has 0 bridgehead atoms. The highest BCUT2D eigenvalue weighted by Gasteiger charge is 2.12. The minimum Gasteiger partial charge on any atom is -0.483 e. The molecule has 0 aliphatic carbocycles. The average Bonchev–Trinajstić information content (AvgIpc) is 2.87. The fraction of sp³-hybridized carbons (Fsp3) is 0.333. The Morgan fingerprint density at radius 3 is 2.60 bits per heavy atom. The van der Waals surface area contributed by atoms with E-state index in [1.54, 1.807) is 0 Å². The molecule has 106 valence electrons. The van der Waals surface area contributed by atoms with Crippen molar-refractivity contribution in [3.63, 3.8) is 0 Å². The fourth-order valence-corrected chi connectivity index (χ4v) is 1.76. The van der Waals surface area contributed by atoms with Crippen molar-refractivity contribution >= 4 is 5.97 Å². The second kappa shape index (κ2) is 6.23. The maximum Gasteiger partial charge on any atom is 0.309 e. The molecule has 0 saturated carbocycles. The zero-order valence-electron chi connectivity index (χ0n) is 11.8. The van der Waals surface area contributed by atoms with Crippen LogP contribution in [0.1, 0.15) is 30.0 Å². The van der Waals surface area contributed by atoms with E-state index in [-0.39, 0.29) is 18.5 Å². The lowest BCUT2D eigenvalue weighted by molar-refractivity contribution is -0.139. The molecule has 2 aromatic rings. The van der Waals surface area contributed by atoms with E-state index >= 15 is 0 Å². The molecule has 5 heteroatoms. The van der Waals surface area contributed by atoms with Crippen LogP contribution in [0.25, 0.3) is 0 Å². The molecule has 0 spiro atoms. The highest BCUT2D eigenvalue weighted by molar-refractivity contribution is 5.72. The van der Waals surface area contributed by atoms with E-state index < -0.39 is 0 Å². The maximum absolute atomic E-state index is 11.2. The lowest BCUT2D eigenvalue weighted by atomic mass is 10.1. The van der Waals surface area contributed by atoms with Crippen molar-refractivity contribution < 1.29 is 18.8 Å². The van der Waals surface area contributed by atoms with Crippen LogP contribution >= 0.6 is 0 Å². The number of aryl methyl sites for hydroxylation is 1. The molecule has 2 rings (SSSR count). The van der Waals surface area contributed by atoms with Gasteiger partial charge in [-0.05, 0) is 31.5 Å². The molecule has 1 heterocycles. The topological polar surface area (TPSA) is 61.6 Å². The van der Waals surface area contributed by atoms with Gasteiger partial charge >= 0.3 is 5.97 Å². The van der Waals surface area contributed by atoms with Gasteiger partial charge in [-0.3, -0.25) is 4.79 Å². The van der Waals surface area contributed by atoms with Crippen molar-refractivity contribution in [2.75, 3.05) is 7.11 Å². The van der Waals surface area contributed by atoms with Gasteiger partial charge in [0.1, 0.15) is 5.75 Å². The number of esters is 1. The third-order valence-electron chi connectivity index (χ3n) is 2.86. The largest absolute Gasteiger partial charge is 0.483 e. The minimum absolute atomic E-state index is 0.220. The molecule has 5 nitrogen and oxygen atoms in total. The lowest BCUT2D eigenvalue weighted by Gasteiger charge is -2.11. The van der Waals surface area contributed by atoms with E-state index in [2.05, 4.69) is 9.89 Å². The Kier molecular flexibility index (Phi) is 4.40. The Morgan fingerprint density at radius 2 is 2.05 bits per heavy atom. The Morgan fingerprint density at radius 1 is 1.35 bits per heavy atom. The summed E-state index contributed by atoms with van der Waals surface area (Å²) in [4.78, 5) is 11.2. The summed E-state index contributed by atoms with van der Waals surface area (Å²) in [7, 11) is 1.38. The number of methoxy groups -OCH3 is 1. The molecule has 0 saturated heterocycles. The van der Waals surface area contributed by atoms with Crippen LogP contribution < -0.4 is 4.74 Å². The number of hydrogen-bond acceptors (Lipinski definition) is 5. The van der Waals surface area contributed by atoms with Crippen molar-refractivity contribution in [3.8, 4) is 5.75 Å². The van der Waals surface area contributed by atoms with Crippen molar-refractivity contribution in [1.29, 1.82) is 0 Å². The van der Waals surface area contributed by atoms with Gasteiger partial charge in [-0.15, -0.1) is 0 Å². The first-order chi connectivity index (χ1) is 9.58. The van der Waals surface area contributed by atoms with Crippen molar-refractivity contribution in [3.05, 3.63) is 47.3 Å². The third-order valence-corrected chi connectivity index (χ3v) is 2.86. The molecule has 1 atom stereocenters. The molecule has 1 aromatic heterocycles. The second-order valence-corrected chi connectivity index (χ2v) is 4.53. The van der Waals surface area contributed by atoms with Crippen LogP contribution in [0.2, 0.25) is 0 Å². The first-order valence-electron chi connectivity index (χ1n) is 6.34. The van der Waals surface area contributed by atoms with Crippen molar-refractivity contribution in [2.45, 2.75) is 26.4 Å². The molecule has 1 aromatic carbocycles. The first kappa shape index (κ1) is 14.1. The number of rotatable bonds is 5. The Balaban J connectivity index is 1.98. The first-order valence-corrected chi connectivity index (χ1v) is 6.34. The number of benzene rings is 1. The molecule has 1 unspecified atom stereocenters. The highest BCUT2D eigenvalue weighted by Crippen LogP contribution is 2.22. The molecule has 0 N–H and O–H groups in total. The summed E-state index contributed by atoms with van der Waals surface area (Å²) in [5, 5.41) is 3.83. The zero-order valence-corrected chi connectivity index (χ0v) is 11.8. The van der Waals surface area contributed by atoms with Gasteiger partial charge in [0.15, 0.2) is 11.9 Å². The molecule has 0 aliphatic heterocycles. The summed E-state index contributed by atoms with van der Waals surface area (Å²) in [6.45, 7) is 3.75. The van der Waals surface area contributed by atoms with Gasteiger partial charge in [-0.1, -0.05) is 17.3 Å². The third kappa shape index (κ3) is 3.60. The van der Waals surface area contributed by atoms with E-state index in [0.717, 1.165) is 11.3 Å². The molecule has 0 radical (unpaired) electrons. The van der Waals surface area contributed by atoms with Crippen LogP contribution in [0, 0.1) is 6.92 Å². The van der Waals surface area contributed by atoms with E-state index in [1.165, 1.54) is 7.11 Å². The molecule has 0 amide bonds. The SMILES string of the molecule is COC(=O)Cc1ccc(OC(C)c2cc(C)no2)cc1. The zero-order chi connectivity index (χ0) is 14.5. The summed E-state index contributed by atoms with van der Waals surface area (Å²) in [6.07, 6.45) is 0.0378. The Bertz CT molecular complexity index is 574. The van der Waals surface area contributed by atoms with E-state index in [0.29, 0.717) is 11.5 Å². The Labute approximate surface area is 117 Å². The van der Waals surface area contributed by atoms with Crippen LogP contribution in [-0.2, 0) is 16.0 Å². The van der Waals surface area contributed by atoms with E-state index in [1.807, 2.05) is 44.2 Å². The smallest absolute Gasteiger partial charge is 0.309 e. The lowest BCUT2D eigenvalue weighted by Crippen LogP contribution is -2.05. The minimum atomic E-state index is -0.260. The van der Waals surface area contributed by atoms with Gasteiger partial charge in [-0.2, -0.15) is 0 Å². The Hall–Kier alpha value is -2.30. The van der Waals surface area contributed by atoms with E-state index in [4.69, 9.17) is 9.26 Å². The summed E-state index contributed by atoms with van der Waals surface area (Å²) < 4.78 is 15.5. The quantitative estimate of drug-likeness (QED) is 0.785. The van der Waals surface area contributed by atoms with Crippen LogP contribution in [0.3, 0.4) is 0 Å². The number of nitrogens with zero attached hydrogens (tertiary/aromatic N) is 1. The summed E-state index contributed by atoms with van der Waals surface area (Å²) in [5.74, 6) is 1.13. The summed E-state index contributed by atoms with van der Waals surface area (Å²) in [6, 6.07) is 9.15. The second-order valence-electron chi connectivity index (χ2n) is 4.53. The summed E-state index contributed by atoms with van der Waals surface area (Å²) >= 11 is 0. The number of carbonyl (C=O) groups excluding carboxylic acids is 1. The van der Waals surface area contributed by atoms with Crippen LogP contribution in [0.15, 0.2) is 34.9 Å². The van der Waals surface area contributed by atoms with Crippen molar-refractivity contribution in [2.24, 2.45) is 0 Å². The van der Waals surface area contributed by atoms with Gasteiger partial charge in [0, 0.05) is 6.07 Å². The molecular formula is C15H17NO4. The highest BCUT2D eigenvalue weighted by atomic mass is 16.5. The maximum atomic E-state index is 11.2. The van der Waals surface area contributed by atoms with Crippen molar-refractivity contribution in [1.82, 2.24) is 5.16 Å². The number of ether oxygens (including phenoxy) is 2. The van der Waals surface area contributed by atoms with Gasteiger partial charge < -0.3 is 14.0 Å².